The summed E-state index contributed by atoms with van der Waals surface area (Å²) in [7, 11) is -4.09. The number of unbranched alkanes of at least 4 members (excludes halogenated alkanes) is 7. The van der Waals surface area contributed by atoms with Crippen molar-refractivity contribution in [3.63, 3.8) is 0 Å². The first-order valence-corrected chi connectivity index (χ1v) is 9.05. The molecule has 21 heavy (non-hydrogen) atoms. The molecule has 0 amide bonds. The van der Waals surface area contributed by atoms with E-state index in [2.05, 4.69) is 6.92 Å². The number of aryl methyl sites for hydroxylation is 1. The summed E-state index contributed by atoms with van der Waals surface area (Å²) in [5.41, 5.74) is 0.723. The van der Waals surface area contributed by atoms with Crippen molar-refractivity contribution in [1.82, 2.24) is 0 Å². The molecule has 0 aromatic heterocycles. The van der Waals surface area contributed by atoms with Gasteiger partial charge in [0.25, 0.3) is 10.1 Å². The summed E-state index contributed by atoms with van der Waals surface area (Å²) in [4.78, 5) is 0.0583. The van der Waals surface area contributed by atoms with Crippen molar-refractivity contribution in [3.8, 4) is 0 Å². The Morgan fingerprint density at radius 1 is 0.905 bits per heavy atom. The van der Waals surface area contributed by atoms with Gasteiger partial charge in [0.05, 0.1) is 4.90 Å². The Balaban J connectivity index is 0.00000400. The van der Waals surface area contributed by atoms with Crippen LogP contribution in [-0.2, 0) is 16.5 Å². The van der Waals surface area contributed by atoms with Crippen LogP contribution >= 0.6 is 0 Å². The lowest BCUT2D eigenvalue weighted by Gasteiger charge is -2.06. The minimum atomic E-state index is -4.09. The molecule has 3 nitrogen and oxygen atoms in total. The van der Waals surface area contributed by atoms with Crippen LogP contribution in [0, 0.1) is 0 Å². The fraction of sp³-hybridized carbons (Fsp3) is 0.625. The van der Waals surface area contributed by atoms with Crippen molar-refractivity contribution in [3.05, 3.63) is 29.8 Å². The third kappa shape index (κ3) is 8.81. The molecule has 0 unspecified atom stereocenters. The first-order valence-electron chi connectivity index (χ1n) is 7.61. The average Bonchev–Trinajstić information content (AvgIpc) is 2.41. The lowest BCUT2D eigenvalue weighted by molar-refractivity contribution is 0.481. The SMILES string of the molecule is CCCCCCCCCCc1ccccc1S(=O)(=O)O.[MgH2]. The molecule has 0 aliphatic rings. The van der Waals surface area contributed by atoms with Crippen molar-refractivity contribution in [1.29, 1.82) is 0 Å². The van der Waals surface area contributed by atoms with Gasteiger partial charge in [0.15, 0.2) is 0 Å². The standard InChI is InChI=1S/C16H26O3S.Mg.2H/c1-2-3-4-5-6-7-8-9-12-15-13-10-11-14-16(15)20(17,18)19;;;/h10-11,13-14H,2-9,12H2,1H3,(H,17,18,19);;;. The van der Waals surface area contributed by atoms with E-state index in [-0.39, 0.29) is 27.9 Å². The molecule has 1 rings (SSSR count). The minimum Gasteiger partial charge on any atom is -0.282 e. The number of hydrogen-bond acceptors (Lipinski definition) is 2. The van der Waals surface area contributed by atoms with Gasteiger partial charge in [-0.05, 0) is 24.5 Å². The Morgan fingerprint density at radius 2 is 1.43 bits per heavy atom. The minimum absolute atomic E-state index is 0. The van der Waals surface area contributed by atoms with Crippen LogP contribution < -0.4 is 0 Å². The number of hydrogen-bond donors (Lipinski definition) is 1. The van der Waals surface area contributed by atoms with E-state index in [9.17, 15) is 8.42 Å². The van der Waals surface area contributed by atoms with Gasteiger partial charge in [0.1, 0.15) is 0 Å². The molecule has 0 fully saturated rings. The molecule has 0 radical (unpaired) electrons. The summed E-state index contributed by atoms with van der Waals surface area (Å²) in [5, 5.41) is 0. The molecular weight excluding hydrogens is 297 g/mol. The van der Waals surface area contributed by atoms with Crippen LogP contribution in [-0.4, -0.2) is 36.0 Å². The third-order valence-electron chi connectivity index (χ3n) is 3.55. The van der Waals surface area contributed by atoms with Crippen LogP contribution in [0.1, 0.15) is 63.9 Å². The van der Waals surface area contributed by atoms with Gasteiger partial charge in [0, 0.05) is 0 Å². The summed E-state index contributed by atoms with van der Waals surface area (Å²) in [5.74, 6) is 0. The van der Waals surface area contributed by atoms with Crippen LogP contribution in [0.4, 0.5) is 0 Å². The molecule has 5 heteroatoms. The third-order valence-corrected chi connectivity index (χ3v) is 4.50. The first-order chi connectivity index (χ1) is 9.55. The molecule has 0 bridgehead atoms. The largest absolute Gasteiger partial charge is 0.316 e. The van der Waals surface area contributed by atoms with E-state index < -0.39 is 10.1 Å². The van der Waals surface area contributed by atoms with Crippen molar-refractivity contribution < 1.29 is 13.0 Å². The highest BCUT2D eigenvalue weighted by Gasteiger charge is 2.13. The van der Waals surface area contributed by atoms with Crippen molar-refractivity contribution in [2.24, 2.45) is 0 Å². The predicted octanol–water partition coefficient (Wildman–Crippen LogP) is 3.70. The maximum Gasteiger partial charge on any atom is 0.316 e. The van der Waals surface area contributed by atoms with Crippen molar-refractivity contribution >= 4 is 33.2 Å². The Morgan fingerprint density at radius 3 is 2.00 bits per heavy atom. The smallest absolute Gasteiger partial charge is 0.282 e. The monoisotopic (exact) mass is 324 g/mol. The summed E-state index contributed by atoms with van der Waals surface area (Å²) in [6.45, 7) is 2.21. The zero-order valence-electron chi connectivity index (χ0n) is 12.3. The Bertz CT molecular complexity index is 486. The molecule has 118 valence electrons. The fourth-order valence-corrected chi connectivity index (χ4v) is 3.16. The molecular formula is C16H28MgO3S. The molecule has 1 aromatic carbocycles. The summed E-state index contributed by atoms with van der Waals surface area (Å²) in [6.07, 6.45) is 10.5. The normalized spacial score (nSPS) is 11.1. The summed E-state index contributed by atoms with van der Waals surface area (Å²) >= 11 is 0. The molecule has 1 aromatic rings. The van der Waals surface area contributed by atoms with Gasteiger partial charge in [-0.15, -0.1) is 0 Å². The van der Waals surface area contributed by atoms with Crippen LogP contribution in [0.2, 0.25) is 0 Å². The maximum absolute atomic E-state index is 11.2. The first kappa shape index (κ1) is 20.9. The zero-order chi connectivity index (χ0) is 14.8. The quantitative estimate of drug-likeness (QED) is 0.405. The molecule has 0 aliphatic carbocycles. The van der Waals surface area contributed by atoms with E-state index in [1.807, 2.05) is 6.07 Å². The maximum atomic E-state index is 11.2. The van der Waals surface area contributed by atoms with Gasteiger partial charge < -0.3 is 0 Å². The second-order valence-electron chi connectivity index (χ2n) is 5.31. The second kappa shape index (κ2) is 11.5. The lowest BCUT2D eigenvalue weighted by Crippen LogP contribution is -2.03. The van der Waals surface area contributed by atoms with Gasteiger partial charge in [-0.3, -0.25) is 4.55 Å². The van der Waals surface area contributed by atoms with E-state index in [0.29, 0.717) is 6.42 Å². The van der Waals surface area contributed by atoms with Crippen molar-refractivity contribution in [2.45, 2.75) is 69.6 Å². The second-order valence-corrected chi connectivity index (χ2v) is 6.70. The van der Waals surface area contributed by atoms with Gasteiger partial charge in [-0.2, -0.15) is 8.42 Å². The predicted molar refractivity (Wildman–Crippen MR) is 91.1 cm³/mol. The highest BCUT2D eigenvalue weighted by molar-refractivity contribution is 7.85. The highest BCUT2D eigenvalue weighted by Crippen LogP contribution is 2.18. The van der Waals surface area contributed by atoms with E-state index in [1.54, 1.807) is 12.1 Å². The van der Waals surface area contributed by atoms with Gasteiger partial charge >= 0.3 is 23.1 Å². The average molecular weight is 325 g/mol. The van der Waals surface area contributed by atoms with E-state index in [1.165, 1.54) is 44.6 Å². The Kier molecular flexibility index (Phi) is 11.4. The molecule has 1 N–H and O–H groups in total. The van der Waals surface area contributed by atoms with Gasteiger partial charge in [-0.1, -0.05) is 70.1 Å². The number of rotatable bonds is 10. The summed E-state index contributed by atoms with van der Waals surface area (Å²) < 4.78 is 31.7. The van der Waals surface area contributed by atoms with Gasteiger partial charge in [0.2, 0.25) is 0 Å². The van der Waals surface area contributed by atoms with E-state index >= 15 is 0 Å². The molecule has 0 spiro atoms. The summed E-state index contributed by atoms with van der Waals surface area (Å²) in [6, 6.07) is 6.70. The fourth-order valence-electron chi connectivity index (χ4n) is 2.41. The topological polar surface area (TPSA) is 54.4 Å². The van der Waals surface area contributed by atoms with Crippen molar-refractivity contribution in [2.75, 3.05) is 0 Å². The van der Waals surface area contributed by atoms with Gasteiger partial charge in [-0.25, -0.2) is 0 Å². The highest BCUT2D eigenvalue weighted by atomic mass is 32.2. The Hall–Kier alpha value is -0.104. The Labute approximate surface area is 145 Å². The molecule has 0 heterocycles. The van der Waals surface area contributed by atoms with Crippen LogP contribution in [0.3, 0.4) is 0 Å². The molecule has 0 atom stereocenters. The molecule has 0 aliphatic heterocycles. The zero-order valence-corrected chi connectivity index (χ0v) is 13.2. The van der Waals surface area contributed by atoms with E-state index in [0.717, 1.165) is 18.4 Å². The van der Waals surface area contributed by atoms with E-state index in [4.69, 9.17) is 4.55 Å². The molecule has 0 saturated carbocycles. The van der Waals surface area contributed by atoms with Crippen LogP contribution in [0.15, 0.2) is 29.2 Å². The van der Waals surface area contributed by atoms with Crippen LogP contribution in [0.5, 0.6) is 0 Å². The lowest BCUT2D eigenvalue weighted by atomic mass is 10.0. The number of benzene rings is 1. The molecule has 0 saturated heterocycles. The van der Waals surface area contributed by atoms with Crippen LogP contribution in [0.25, 0.3) is 0 Å².